The topological polar surface area (TPSA) is 119 Å². The highest BCUT2D eigenvalue weighted by molar-refractivity contribution is 5.74. The number of nitrogens with two attached hydrogens (primary N) is 1. The molecule has 11 heteroatoms. The molecular weight excluding hydrogens is 402 g/mol. The molecular formula is C20H37N7O4. The first kappa shape index (κ1) is 23.6. The van der Waals surface area contributed by atoms with E-state index in [-0.39, 0.29) is 24.1 Å². The average Bonchev–Trinajstić information content (AvgIpc) is 3.12. The molecule has 3 N–H and O–H groups in total. The summed E-state index contributed by atoms with van der Waals surface area (Å²) in [6.07, 6.45) is 1.00. The summed E-state index contributed by atoms with van der Waals surface area (Å²) in [5.74, 6) is -0.0165. The number of cyclic esters (lactones) is 1. The van der Waals surface area contributed by atoms with Crippen molar-refractivity contribution in [1.29, 1.82) is 5.41 Å². The Labute approximate surface area is 184 Å². The summed E-state index contributed by atoms with van der Waals surface area (Å²) >= 11 is 0. The van der Waals surface area contributed by atoms with E-state index in [0.717, 1.165) is 78.4 Å². The predicted molar refractivity (Wildman–Crippen MR) is 116 cm³/mol. The molecule has 0 saturated carbocycles. The molecule has 3 saturated heterocycles. The van der Waals surface area contributed by atoms with Crippen LogP contribution in [0.5, 0.6) is 0 Å². The Morgan fingerprint density at radius 3 is 2.29 bits per heavy atom. The zero-order valence-corrected chi connectivity index (χ0v) is 18.6. The summed E-state index contributed by atoms with van der Waals surface area (Å²) in [5, 5.41) is 7.50. The fourth-order valence-electron chi connectivity index (χ4n) is 4.36. The average molecular weight is 440 g/mol. The zero-order valence-electron chi connectivity index (χ0n) is 18.6. The molecule has 0 aliphatic carbocycles. The molecule has 3 aliphatic rings. The lowest BCUT2D eigenvalue weighted by Gasteiger charge is -2.35. The quantitative estimate of drug-likeness (QED) is 0.262. The summed E-state index contributed by atoms with van der Waals surface area (Å²) in [4.78, 5) is 34.2. The Kier molecular flexibility index (Phi) is 8.73. The maximum Gasteiger partial charge on any atom is 0.410 e. The van der Waals surface area contributed by atoms with Gasteiger partial charge in [-0.3, -0.25) is 20.0 Å². The van der Waals surface area contributed by atoms with Crippen LogP contribution in [0.15, 0.2) is 0 Å². The highest BCUT2D eigenvalue weighted by atomic mass is 16.6. The lowest BCUT2D eigenvalue weighted by atomic mass is 10.2. The molecule has 176 valence electrons. The van der Waals surface area contributed by atoms with Crippen LogP contribution in [0.3, 0.4) is 0 Å². The van der Waals surface area contributed by atoms with Gasteiger partial charge in [0.25, 0.3) is 0 Å². The van der Waals surface area contributed by atoms with Gasteiger partial charge in [-0.2, -0.15) is 0 Å². The third-order valence-electron chi connectivity index (χ3n) is 6.36. The monoisotopic (exact) mass is 439 g/mol. The van der Waals surface area contributed by atoms with E-state index in [1.807, 2.05) is 9.80 Å². The molecule has 3 aliphatic heterocycles. The van der Waals surface area contributed by atoms with Gasteiger partial charge in [0, 0.05) is 78.4 Å². The van der Waals surface area contributed by atoms with Crippen LogP contribution in [0.25, 0.3) is 0 Å². The summed E-state index contributed by atoms with van der Waals surface area (Å²) in [7, 11) is 1.43. The van der Waals surface area contributed by atoms with Crippen molar-refractivity contribution in [2.24, 2.45) is 5.73 Å². The van der Waals surface area contributed by atoms with Crippen molar-refractivity contribution in [3.05, 3.63) is 0 Å². The minimum absolute atomic E-state index is 0.0760. The smallest absolute Gasteiger partial charge is 0.410 e. The lowest BCUT2D eigenvalue weighted by Crippen LogP contribution is -2.52. The first-order chi connectivity index (χ1) is 14.9. The number of nitrogens with zero attached hydrogens (tertiary/aromatic N) is 5. The number of piperazine rings is 2. The Balaban J connectivity index is 1.29. The molecule has 0 aromatic carbocycles. The van der Waals surface area contributed by atoms with Gasteiger partial charge in [0.1, 0.15) is 6.10 Å². The number of rotatable bonds is 9. The fraction of sp³-hybridized carbons (Fsp3) is 0.850. The second-order valence-corrected chi connectivity index (χ2v) is 8.49. The number of hydrogen-bond donors (Lipinski definition) is 2. The van der Waals surface area contributed by atoms with E-state index in [0.29, 0.717) is 19.5 Å². The van der Waals surface area contributed by atoms with Crippen molar-refractivity contribution >= 4 is 18.0 Å². The SMILES string of the molecule is COC(=O)CCCN1CCN(CC2CN(CCN3CCN(C(=N)N)CC3)C(=O)O2)CC1. The molecule has 1 atom stereocenters. The third kappa shape index (κ3) is 7.22. The van der Waals surface area contributed by atoms with E-state index >= 15 is 0 Å². The molecule has 0 aromatic rings. The van der Waals surface area contributed by atoms with E-state index < -0.39 is 0 Å². The highest BCUT2D eigenvalue weighted by Gasteiger charge is 2.33. The molecule has 0 aromatic heterocycles. The molecule has 3 fully saturated rings. The fourth-order valence-corrected chi connectivity index (χ4v) is 4.36. The van der Waals surface area contributed by atoms with Gasteiger partial charge in [-0.1, -0.05) is 0 Å². The Morgan fingerprint density at radius 2 is 1.65 bits per heavy atom. The highest BCUT2D eigenvalue weighted by Crippen LogP contribution is 2.14. The van der Waals surface area contributed by atoms with Crippen LogP contribution in [0.2, 0.25) is 0 Å². The van der Waals surface area contributed by atoms with Crippen LogP contribution in [0, 0.1) is 5.41 Å². The first-order valence-corrected chi connectivity index (χ1v) is 11.2. The van der Waals surface area contributed by atoms with Crippen LogP contribution < -0.4 is 5.73 Å². The summed E-state index contributed by atoms with van der Waals surface area (Å²) in [5.41, 5.74) is 5.54. The van der Waals surface area contributed by atoms with Crippen molar-refractivity contribution < 1.29 is 19.1 Å². The van der Waals surface area contributed by atoms with Crippen molar-refractivity contribution in [3.63, 3.8) is 0 Å². The standard InChI is InChI=1S/C20H37N7O4/c1-30-18(28)3-2-4-23-5-7-25(8-6-23)15-17-16-27(20(29)31-17)14-11-24-9-12-26(13-10-24)19(21)22/h17H,2-16H2,1H3,(H3,21,22). The van der Waals surface area contributed by atoms with Crippen molar-refractivity contribution in [2.75, 3.05) is 92.2 Å². The van der Waals surface area contributed by atoms with E-state index in [1.54, 1.807) is 0 Å². The molecule has 3 heterocycles. The Hall–Kier alpha value is -2.11. The number of carbonyl (C=O) groups is 2. The first-order valence-electron chi connectivity index (χ1n) is 11.2. The van der Waals surface area contributed by atoms with E-state index in [4.69, 9.17) is 15.9 Å². The molecule has 11 nitrogen and oxygen atoms in total. The van der Waals surface area contributed by atoms with Crippen molar-refractivity contribution in [1.82, 2.24) is 24.5 Å². The van der Waals surface area contributed by atoms with Gasteiger partial charge in [-0.25, -0.2) is 4.79 Å². The van der Waals surface area contributed by atoms with Gasteiger partial charge < -0.3 is 29.9 Å². The van der Waals surface area contributed by atoms with Gasteiger partial charge in [0.2, 0.25) is 0 Å². The van der Waals surface area contributed by atoms with E-state index in [2.05, 4.69) is 19.4 Å². The molecule has 0 spiro atoms. The van der Waals surface area contributed by atoms with Crippen molar-refractivity contribution in [3.8, 4) is 0 Å². The predicted octanol–water partition coefficient (Wildman–Crippen LogP) is -1.11. The maximum absolute atomic E-state index is 12.3. The van der Waals surface area contributed by atoms with Gasteiger partial charge in [0.05, 0.1) is 13.7 Å². The zero-order chi connectivity index (χ0) is 22.2. The molecule has 3 rings (SSSR count). The van der Waals surface area contributed by atoms with Gasteiger partial charge in [-0.15, -0.1) is 0 Å². The number of nitrogens with one attached hydrogen (secondary N) is 1. The number of amides is 1. The molecule has 0 radical (unpaired) electrons. The van der Waals surface area contributed by atoms with Gasteiger partial charge >= 0.3 is 12.1 Å². The summed E-state index contributed by atoms with van der Waals surface area (Å²) in [6.45, 7) is 10.9. The second kappa shape index (κ2) is 11.5. The van der Waals surface area contributed by atoms with Gasteiger partial charge in [0.15, 0.2) is 5.96 Å². The Bertz CT molecular complexity index is 619. The normalized spacial score (nSPS) is 23.8. The summed E-state index contributed by atoms with van der Waals surface area (Å²) < 4.78 is 10.3. The van der Waals surface area contributed by atoms with Crippen LogP contribution in [-0.2, 0) is 14.3 Å². The molecule has 31 heavy (non-hydrogen) atoms. The van der Waals surface area contributed by atoms with Crippen LogP contribution in [0.4, 0.5) is 4.79 Å². The van der Waals surface area contributed by atoms with Crippen LogP contribution >= 0.6 is 0 Å². The Morgan fingerprint density at radius 1 is 1.03 bits per heavy atom. The van der Waals surface area contributed by atoms with E-state index in [9.17, 15) is 9.59 Å². The third-order valence-corrected chi connectivity index (χ3v) is 6.36. The lowest BCUT2D eigenvalue weighted by molar-refractivity contribution is -0.140. The number of carbonyl (C=O) groups excluding carboxylic acids is 2. The van der Waals surface area contributed by atoms with Crippen LogP contribution in [-0.4, -0.2) is 141 Å². The molecule has 1 amide bonds. The minimum Gasteiger partial charge on any atom is -0.469 e. The number of esters is 1. The maximum atomic E-state index is 12.3. The number of ether oxygens (including phenoxy) is 2. The second-order valence-electron chi connectivity index (χ2n) is 8.49. The largest absolute Gasteiger partial charge is 0.469 e. The van der Waals surface area contributed by atoms with Crippen LogP contribution in [0.1, 0.15) is 12.8 Å². The molecule has 0 bridgehead atoms. The number of guanidine groups is 1. The number of methoxy groups -OCH3 is 1. The number of hydrogen-bond acceptors (Lipinski definition) is 8. The van der Waals surface area contributed by atoms with Crippen molar-refractivity contribution in [2.45, 2.75) is 18.9 Å². The van der Waals surface area contributed by atoms with E-state index in [1.165, 1.54) is 7.11 Å². The molecule has 1 unspecified atom stereocenters. The minimum atomic E-state index is -0.214. The van der Waals surface area contributed by atoms with Gasteiger partial charge in [-0.05, 0) is 13.0 Å². The summed E-state index contributed by atoms with van der Waals surface area (Å²) in [6, 6.07) is 0.